The van der Waals surface area contributed by atoms with Crippen LogP contribution in [0.2, 0.25) is 0 Å². The molecule has 70 heavy (non-hydrogen) atoms. The van der Waals surface area contributed by atoms with Gasteiger partial charge in [0.15, 0.2) is 10.1 Å². The zero-order chi connectivity index (χ0) is 52.9. The fourth-order valence-electron chi connectivity index (χ4n) is 6.46. The van der Waals surface area contributed by atoms with E-state index in [1.807, 2.05) is 0 Å². The van der Waals surface area contributed by atoms with Gasteiger partial charge in [-0.1, -0.05) is 37.8 Å². The smallest absolute Gasteiger partial charge is 0.522 e. The molecule has 2 saturated heterocycles. The van der Waals surface area contributed by atoms with E-state index in [2.05, 4.69) is 6.58 Å². The molecular formula is C36H37F9N4O17S3Yb. The van der Waals surface area contributed by atoms with Crippen LogP contribution in [0.25, 0.3) is 0 Å². The molecule has 0 aromatic heterocycles. The molecule has 34 heteroatoms. The van der Waals surface area contributed by atoms with Crippen LogP contribution in [-0.2, 0) is 44.6 Å². The Bertz CT molecular complexity index is 2520. The van der Waals surface area contributed by atoms with E-state index in [0.717, 1.165) is 16.0 Å². The van der Waals surface area contributed by atoms with Gasteiger partial charge in [-0.15, -0.1) is 0 Å². The second-order valence-electron chi connectivity index (χ2n) is 14.5. The van der Waals surface area contributed by atoms with Gasteiger partial charge in [-0.3, -0.25) is 42.5 Å². The number of imide groups is 2. The number of nitrogens with zero attached hydrogens (tertiary/aromatic N) is 4. The van der Waals surface area contributed by atoms with Crippen LogP contribution in [0.4, 0.5) is 39.5 Å². The van der Waals surface area contributed by atoms with Gasteiger partial charge < -0.3 is 24.0 Å². The second kappa shape index (κ2) is 23.7. The minimum atomic E-state index is -6.09. The molecule has 0 unspecified atom stereocenters. The summed E-state index contributed by atoms with van der Waals surface area (Å²) < 4.78 is 185. The molecule has 3 N–H and O–H groups in total. The number of carbonyl (C=O) groups excluding carboxylic acids is 5. The summed E-state index contributed by atoms with van der Waals surface area (Å²) in [4.78, 5) is 71.0. The van der Waals surface area contributed by atoms with E-state index in [0.29, 0.717) is 45.0 Å². The molecule has 21 nitrogen and oxygen atoms in total. The largest absolute Gasteiger partial charge is 0.741 e. The minimum absolute atomic E-state index is 0. The Kier molecular flexibility index (Phi) is 21.0. The Morgan fingerprint density at radius 2 is 1.04 bits per heavy atom. The van der Waals surface area contributed by atoms with E-state index >= 15 is 0 Å². The summed E-state index contributed by atoms with van der Waals surface area (Å²) in [6, 6.07) is 11.8. The van der Waals surface area contributed by atoms with Crippen LogP contribution in [0.15, 0.2) is 72.8 Å². The summed E-state index contributed by atoms with van der Waals surface area (Å²) in [6.07, 6.45) is 1.16. The third-order valence-electron chi connectivity index (χ3n) is 10.1. The summed E-state index contributed by atoms with van der Waals surface area (Å²) in [5.41, 5.74) is -15.2. The second-order valence-corrected chi connectivity index (χ2v) is 18.7. The average molecular weight is 1240 g/mol. The van der Waals surface area contributed by atoms with Gasteiger partial charge in [0.1, 0.15) is 31.9 Å². The van der Waals surface area contributed by atoms with E-state index < -0.39 is 82.5 Å². The van der Waals surface area contributed by atoms with Gasteiger partial charge in [-0.25, -0.2) is 13.3 Å². The Labute approximate surface area is 429 Å². The maximum absolute atomic E-state index is 14.1. The van der Waals surface area contributed by atoms with Gasteiger partial charge in [0.05, 0.1) is 48.7 Å². The van der Waals surface area contributed by atoms with Crippen LogP contribution in [0.1, 0.15) is 48.4 Å². The predicted octanol–water partition coefficient (Wildman–Crippen LogP) is 3.04. The standard InChI is InChI=1S/C33H34N4O8.3CHF3O3S.Yb/c1-21(20-37(13-17-45-18-14-37)27(38)19-35-29(39)23-7-3-4-8-24(23)30(35)40)22(2)28(33(43)34-11-15-44-16-12-34)36-31(41)25-9-5-6-10-26(25)32(36)42;3*2-1(3,4)8(5,6)7;/h3-10,19,22,28H,1,11-18,20H2,2H3;3*(H,5,6,7);/b27-19-;;;;/t22-,28+;;;;/m1..../s1. The van der Waals surface area contributed by atoms with Crippen LogP contribution in [-0.4, -0.2) is 174 Å². The SMILES string of the molecule is C=C(C[N+]1(/C(O)=C/N2C(=O)c3ccccc3C2=O)CCOCC1)[C@@H](C)[C@@H](C(=O)N1CCOCC1)N1C(=O)c2ccccc2C1=O.O=S(=O)(O)C(F)(F)F.O=S(=O)(O)C(F)(F)F.O=S(=O)([O-])C(F)(F)F.[Yb]. The maximum atomic E-state index is 14.1. The number of rotatable bonds is 8. The van der Waals surface area contributed by atoms with E-state index in [-0.39, 0.29) is 105 Å². The molecule has 0 spiro atoms. The van der Waals surface area contributed by atoms with Gasteiger partial charge in [0.2, 0.25) is 5.91 Å². The van der Waals surface area contributed by atoms with Gasteiger partial charge >= 0.3 is 42.6 Å². The number of quaternary nitrogens is 1. The van der Waals surface area contributed by atoms with Crippen molar-refractivity contribution in [1.82, 2.24) is 14.7 Å². The van der Waals surface area contributed by atoms with Crippen molar-refractivity contribution in [1.29, 1.82) is 0 Å². The average Bonchev–Trinajstić information content (AvgIpc) is 3.63. The van der Waals surface area contributed by atoms with Crippen molar-refractivity contribution in [3.8, 4) is 0 Å². The Balaban J connectivity index is 0.000000553. The number of hydrogen-bond donors (Lipinski definition) is 3. The quantitative estimate of drug-likeness (QED) is 0.0651. The molecule has 2 atom stereocenters. The van der Waals surface area contributed by atoms with E-state index in [1.54, 1.807) is 60.4 Å². The minimum Gasteiger partial charge on any atom is -0.741 e. The first-order valence-electron chi connectivity index (χ1n) is 18.8. The van der Waals surface area contributed by atoms with Gasteiger partial charge in [-0.2, -0.15) is 56.3 Å². The number of aliphatic hydroxyl groups is 1. The first kappa shape index (κ1) is 62.1. The van der Waals surface area contributed by atoms with Crippen LogP contribution < -0.4 is 0 Å². The number of fused-ring (bicyclic) bond motifs is 2. The molecular weight excluding hydrogens is 1200 g/mol. The summed E-state index contributed by atoms with van der Waals surface area (Å²) in [5.74, 6) is -3.52. The van der Waals surface area contributed by atoms with Gasteiger partial charge in [0, 0.05) is 65.9 Å². The molecule has 0 bridgehead atoms. The van der Waals surface area contributed by atoms with E-state index in [4.69, 9.17) is 48.4 Å². The van der Waals surface area contributed by atoms with Crippen LogP contribution in [0, 0.1) is 52.8 Å². The summed E-state index contributed by atoms with van der Waals surface area (Å²) >= 11 is 0. The Hall–Kier alpha value is -4.03. The fourth-order valence-corrected chi connectivity index (χ4v) is 6.46. The van der Waals surface area contributed by atoms with Crippen molar-refractivity contribution in [3.63, 3.8) is 0 Å². The van der Waals surface area contributed by atoms with Crippen molar-refractivity contribution in [2.75, 3.05) is 59.2 Å². The number of morpholine rings is 2. The number of ether oxygens (including phenoxy) is 2. The molecule has 2 fully saturated rings. The maximum Gasteiger partial charge on any atom is 0.522 e. The first-order chi connectivity index (χ1) is 31.4. The van der Waals surface area contributed by atoms with Crippen LogP contribution >= 0.6 is 0 Å². The number of hydrogen-bond acceptors (Lipinski definition) is 15. The molecule has 4 aliphatic rings. The number of halogens is 9. The topological polar surface area (TPSA) is 300 Å². The van der Waals surface area contributed by atoms with Crippen LogP contribution in [0.5, 0.6) is 0 Å². The van der Waals surface area contributed by atoms with Crippen molar-refractivity contribution in [2.24, 2.45) is 5.92 Å². The first-order valence-corrected chi connectivity index (χ1v) is 23.1. The monoisotopic (exact) mass is 1240 g/mol. The third-order valence-corrected chi connectivity index (χ3v) is 11.8. The number of aliphatic hydroxyl groups excluding tert-OH is 1. The third kappa shape index (κ3) is 15.0. The number of benzene rings is 2. The summed E-state index contributed by atoms with van der Waals surface area (Å²) in [6.45, 7) is 8.64. The van der Waals surface area contributed by atoms with E-state index in [9.17, 15) is 68.6 Å². The molecule has 0 radical (unpaired) electrons. The summed E-state index contributed by atoms with van der Waals surface area (Å²) in [7, 11) is -17.8. The number of carbonyl (C=O) groups is 5. The molecule has 6 rings (SSSR count). The molecule has 4 heterocycles. The van der Waals surface area contributed by atoms with Crippen LogP contribution in [0.3, 0.4) is 0 Å². The summed E-state index contributed by atoms with van der Waals surface area (Å²) in [5, 5.41) is 11.6. The molecule has 0 saturated carbocycles. The molecule has 2 aromatic carbocycles. The van der Waals surface area contributed by atoms with Crippen molar-refractivity contribution < 1.29 is 168 Å². The molecule has 398 valence electrons. The zero-order valence-corrected chi connectivity index (χ0v) is 39.3. The zero-order valence-electron chi connectivity index (χ0n) is 35.2. The van der Waals surface area contributed by atoms with Crippen molar-refractivity contribution in [3.05, 3.63) is 95.0 Å². The predicted molar refractivity (Wildman–Crippen MR) is 211 cm³/mol. The molecule has 4 aliphatic heterocycles. The molecule has 2 aromatic rings. The van der Waals surface area contributed by atoms with Crippen molar-refractivity contribution in [2.45, 2.75) is 29.5 Å². The Morgan fingerprint density at radius 3 is 1.37 bits per heavy atom. The van der Waals surface area contributed by atoms with E-state index in [1.165, 1.54) is 0 Å². The number of alkyl halides is 9. The van der Waals surface area contributed by atoms with Crippen molar-refractivity contribution >= 4 is 59.9 Å². The molecule has 5 amide bonds. The normalized spacial score (nSPS) is 18.4. The van der Waals surface area contributed by atoms with Gasteiger partial charge in [0.25, 0.3) is 23.6 Å². The molecule has 0 aliphatic carbocycles. The Morgan fingerprint density at radius 1 is 0.714 bits per heavy atom. The fraction of sp³-hybridized carbons (Fsp3) is 0.417. The number of amides is 5. The van der Waals surface area contributed by atoms with Gasteiger partial charge in [-0.05, 0) is 29.8 Å².